The zero-order chi connectivity index (χ0) is 15.2. The number of hydrogen-bond acceptors (Lipinski definition) is 3. The van der Waals surface area contributed by atoms with Crippen LogP contribution >= 0.6 is 0 Å². The molecule has 0 spiro atoms. The molecule has 21 heavy (non-hydrogen) atoms. The van der Waals surface area contributed by atoms with Gasteiger partial charge in [-0.2, -0.15) is 0 Å². The van der Waals surface area contributed by atoms with Crippen molar-refractivity contribution in [1.29, 1.82) is 0 Å². The van der Waals surface area contributed by atoms with Crippen molar-refractivity contribution in [3.05, 3.63) is 59.7 Å². The van der Waals surface area contributed by atoms with Gasteiger partial charge in [0.1, 0.15) is 12.0 Å². The highest BCUT2D eigenvalue weighted by molar-refractivity contribution is 5.94. The third kappa shape index (κ3) is 4.18. The van der Waals surface area contributed by atoms with Gasteiger partial charge in [0, 0.05) is 11.3 Å². The van der Waals surface area contributed by atoms with Crippen molar-refractivity contribution in [2.75, 3.05) is 5.32 Å². The van der Waals surface area contributed by atoms with Gasteiger partial charge in [-0.3, -0.25) is 9.59 Å². The molecule has 0 saturated heterocycles. The highest BCUT2D eigenvalue weighted by atomic mass is 16.5. The second-order valence-corrected chi connectivity index (χ2v) is 4.81. The molecule has 0 heterocycles. The maximum Gasteiger partial charge on any atom is 0.265 e. The molecular weight excluding hydrogens is 266 g/mol. The van der Waals surface area contributed by atoms with Gasteiger partial charge in [-0.05, 0) is 43.7 Å². The molecular formula is C17H17NO3. The van der Waals surface area contributed by atoms with Gasteiger partial charge in [-0.1, -0.05) is 24.3 Å². The van der Waals surface area contributed by atoms with E-state index >= 15 is 0 Å². The van der Waals surface area contributed by atoms with E-state index in [0.717, 1.165) is 17.5 Å². The monoisotopic (exact) mass is 283 g/mol. The minimum atomic E-state index is -0.660. The third-order valence-corrected chi connectivity index (χ3v) is 2.96. The Labute approximate surface area is 123 Å². The number of nitrogens with one attached hydrogen (secondary N) is 1. The fraction of sp³-hybridized carbons (Fsp3) is 0.176. The van der Waals surface area contributed by atoms with Gasteiger partial charge in [-0.25, -0.2) is 0 Å². The summed E-state index contributed by atoms with van der Waals surface area (Å²) in [4.78, 5) is 22.8. The van der Waals surface area contributed by atoms with E-state index in [9.17, 15) is 9.59 Å². The molecule has 0 aliphatic heterocycles. The van der Waals surface area contributed by atoms with Crippen LogP contribution in [0.1, 0.15) is 22.8 Å². The fourth-order valence-electron chi connectivity index (χ4n) is 1.89. The first-order valence-electron chi connectivity index (χ1n) is 6.68. The van der Waals surface area contributed by atoms with E-state index in [1.54, 1.807) is 31.2 Å². The van der Waals surface area contributed by atoms with Crippen LogP contribution in [-0.4, -0.2) is 18.3 Å². The standard InChI is InChI=1S/C17H17NO3/c1-12-5-3-7-15(9-12)18-17(20)13(2)21-16-8-4-6-14(10-16)11-19/h3-11,13H,1-2H3,(H,18,20)/t13-/m1/s1. The van der Waals surface area contributed by atoms with Gasteiger partial charge < -0.3 is 10.1 Å². The van der Waals surface area contributed by atoms with Crippen molar-refractivity contribution in [2.45, 2.75) is 20.0 Å². The van der Waals surface area contributed by atoms with Crippen molar-refractivity contribution in [3.8, 4) is 5.75 Å². The van der Waals surface area contributed by atoms with Crippen molar-refractivity contribution < 1.29 is 14.3 Å². The fourth-order valence-corrected chi connectivity index (χ4v) is 1.89. The van der Waals surface area contributed by atoms with Gasteiger partial charge in [0.15, 0.2) is 6.10 Å². The average Bonchev–Trinajstić information content (AvgIpc) is 2.47. The van der Waals surface area contributed by atoms with E-state index in [4.69, 9.17) is 4.74 Å². The Balaban J connectivity index is 2.00. The minimum Gasteiger partial charge on any atom is -0.481 e. The van der Waals surface area contributed by atoms with E-state index in [2.05, 4.69) is 5.32 Å². The van der Waals surface area contributed by atoms with Crippen LogP contribution in [0.15, 0.2) is 48.5 Å². The minimum absolute atomic E-state index is 0.239. The molecule has 108 valence electrons. The van der Waals surface area contributed by atoms with E-state index < -0.39 is 6.10 Å². The predicted octanol–water partition coefficient (Wildman–Crippen LogP) is 3.21. The van der Waals surface area contributed by atoms with E-state index in [0.29, 0.717) is 11.3 Å². The number of aryl methyl sites for hydroxylation is 1. The van der Waals surface area contributed by atoms with E-state index in [-0.39, 0.29) is 5.91 Å². The first-order valence-corrected chi connectivity index (χ1v) is 6.68. The van der Waals surface area contributed by atoms with Crippen LogP contribution in [-0.2, 0) is 4.79 Å². The van der Waals surface area contributed by atoms with Crippen molar-refractivity contribution >= 4 is 17.9 Å². The Morgan fingerprint density at radius 3 is 2.67 bits per heavy atom. The second kappa shape index (κ2) is 6.70. The molecule has 2 rings (SSSR count). The first-order chi connectivity index (χ1) is 10.1. The molecule has 0 bridgehead atoms. The third-order valence-electron chi connectivity index (χ3n) is 2.96. The Hall–Kier alpha value is -2.62. The van der Waals surface area contributed by atoms with Crippen LogP contribution in [0.4, 0.5) is 5.69 Å². The van der Waals surface area contributed by atoms with Gasteiger partial charge >= 0.3 is 0 Å². The number of rotatable bonds is 5. The maximum atomic E-state index is 12.1. The topological polar surface area (TPSA) is 55.4 Å². The van der Waals surface area contributed by atoms with Gasteiger partial charge in [0.25, 0.3) is 5.91 Å². The second-order valence-electron chi connectivity index (χ2n) is 4.81. The lowest BCUT2D eigenvalue weighted by Crippen LogP contribution is -2.30. The summed E-state index contributed by atoms with van der Waals surface area (Å²) >= 11 is 0. The van der Waals surface area contributed by atoms with Crippen LogP contribution in [0.3, 0.4) is 0 Å². The molecule has 0 radical (unpaired) electrons. The zero-order valence-electron chi connectivity index (χ0n) is 12.0. The molecule has 0 aromatic heterocycles. The number of carbonyl (C=O) groups excluding carboxylic acids is 2. The number of carbonyl (C=O) groups is 2. The lowest BCUT2D eigenvalue weighted by molar-refractivity contribution is -0.122. The smallest absolute Gasteiger partial charge is 0.265 e. The SMILES string of the molecule is Cc1cccc(NC(=O)[C@@H](C)Oc2cccc(C=O)c2)c1. The number of aldehydes is 1. The summed E-state index contributed by atoms with van der Waals surface area (Å²) in [5.41, 5.74) is 2.32. The molecule has 0 aliphatic rings. The quantitative estimate of drug-likeness (QED) is 0.857. The number of amides is 1. The normalized spacial score (nSPS) is 11.5. The molecule has 2 aromatic carbocycles. The lowest BCUT2D eigenvalue weighted by Gasteiger charge is -2.15. The van der Waals surface area contributed by atoms with Crippen LogP contribution < -0.4 is 10.1 Å². The summed E-state index contributed by atoms with van der Waals surface area (Å²) in [5, 5.41) is 2.80. The van der Waals surface area contributed by atoms with Gasteiger partial charge in [0.2, 0.25) is 0 Å². The van der Waals surface area contributed by atoms with Gasteiger partial charge in [-0.15, -0.1) is 0 Å². The van der Waals surface area contributed by atoms with Crippen LogP contribution in [0.2, 0.25) is 0 Å². The van der Waals surface area contributed by atoms with Crippen molar-refractivity contribution in [3.63, 3.8) is 0 Å². The number of benzene rings is 2. The number of ether oxygens (including phenoxy) is 1. The average molecular weight is 283 g/mol. The molecule has 1 atom stereocenters. The summed E-state index contributed by atoms with van der Waals surface area (Å²) in [6.45, 7) is 3.62. The lowest BCUT2D eigenvalue weighted by atomic mass is 10.2. The van der Waals surface area contributed by atoms with E-state index in [1.165, 1.54) is 0 Å². The number of anilines is 1. The van der Waals surface area contributed by atoms with Crippen molar-refractivity contribution in [2.24, 2.45) is 0 Å². The highest BCUT2D eigenvalue weighted by Crippen LogP contribution is 2.15. The molecule has 4 nitrogen and oxygen atoms in total. The molecule has 1 N–H and O–H groups in total. The molecule has 0 aliphatic carbocycles. The molecule has 0 unspecified atom stereocenters. The Morgan fingerprint density at radius 1 is 1.19 bits per heavy atom. The Bertz CT molecular complexity index is 652. The first kappa shape index (κ1) is 14.8. The van der Waals surface area contributed by atoms with E-state index in [1.807, 2.05) is 31.2 Å². The largest absolute Gasteiger partial charge is 0.481 e. The number of hydrogen-bond donors (Lipinski definition) is 1. The van der Waals surface area contributed by atoms with Crippen LogP contribution in [0, 0.1) is 6.92 Å². The summed E-state index contributed by atoms with van der Waals surface area (Å²) in [5.74, 6) is 0.253. The molecule has 4 heteroatoms. The summed E-state index contributed by atoms with van der Waals surface area (Å²) in [7, 11) is 0. The molecule has 0 fully saturated rings. The Kier molecular flexibility index (Phi) is 4.72. The molecule has 1 amide bonds. The predicted molar refractivity (Wildman–Crippen MR) is 81.7 cm³/mol. The van der Waals surface area contributed by atoms with Gasteiger partial charge in [0.05, 0.1) is 0 Å². The van der Waals surface area contributed by atoms with Crippen LogP contribution in [0.5, 0.6) is 5.75 Å². The highest BCUT2D eigenvalue weighted by Gasteiger charge is 2.15. The van der Waals surface area contributed by atoms with Crippen LogP contribution in [0.25, 0.3) is 0 Å². The molecule has 0 saturated carbocycles. The summed E-state index contributed by atoms with van der Waals surface area (Å²) in [6.07, 6.45) is 0.0806. The maximum absolute atomic E-state index is 12.1. The summed E-state index contributed by atoms with van der Waals surface area (Å²) < 4.78 is 5.55. The van der Waals surface area contributed by atoms with Crippen molar-refractivity contribution in [1.82, 2.24) is 0 Å². The summed E-state index contributed by atoms with van der Waals surface area (Å²) in [6, 6.07) is 14.3. The Morgan fingerprint density at radius 2 is 1.95 bits per heavy atom. The molecule has 2 aromatic rings. The zero-order valence-corrected chi connectivity index (χ0v) is 12.0.